The Morgan fingerprint density at radius 2 is 1.82 bits per heavy atom. The lowest BCUT2D eigenvalue weighted by Gasteiger charge is -2.31. The van der Waals surface area contributed by atoms with Gasteiger partial charge >= 0.3 is 6.09 Å². The Morgan fingerprint density at radius 1 is 1.21 bits per heavy atom. The lowest BCUT2D eigenvalue weighted by Crippen LogP contribution is -2.51. The van der Waals surface area contributed by atoms with Crippen LogP contribution in [0, 0.1) is 5.89 Å². The van der Waals surface area contributed by atoms with E-state index in [1.807, 2.05) is 0 Å². The fourth-order valence-electron chi connectivity index (χ4n) is 3.00. The predicted molar refractivity (Wildman–Crippen MR) is 134 cm³/mol. The third kappa shape index (κ3) is 8.62. The molecule has 34 heavy (non-hydrogen) atoms. The summed E-state index contributed by atoms with van der Waals surface area (Å²) in [6.45, 7) is -8.24. The number of nitrogens with one attached hydrogen (secondary N) is 1. The van der Waals surface area contributed by atoms with E-state index in [0.29, 0.717) is 5.56 Å². The van der Waals surface area contributed by atoms with Crippen molar-refractivity contribution in [3.63, 3.8) is 0 Å². The zero-order valence-electron chi connectivity index (χ0n) is 28.3. The minimum Gasteiger partial charge on any atom is -0.444 e. The fraction of sp³-hybridized carbons (Fsp3) is 0.480. The molecule has 9 heteroatoms. The van der Waals surface area contributed by atoms with Gasteiger partial charge in [0.25, 0.3) is 0 Å². The number of carbonyl (C=O) groups excluding carboxylic acids is 1. The van der Waals surface area contributed by atoms with Crippen LogP contribution >= 0.6 is 0 Å². The summed E-state index contributed by atoms with van der Waals surface area (Å²) in [6, 6.07) is 11.3. The van der Waals surface area contributed by atoms with Crippen LogP contribution in [0.25, 0.3) is 0 Å². The van der Waals surface area contributed by atoms with E-state index in [1.54, 1.807) is 51.1 Å². The minimum atomic E-state index is -5.16. The van der Waals surface area contributed by atoms with E-state index in [0.717, 1.165) is 12.1 Å². The molecule has 2 aromatic carbocycles. The molecular formula is C25H37N3O5S. The number of hydrogen-bond acceptors (Lipinski definition) is 6. The molecule has 0 unspecified atom stereocenters. The Bertz CT molecular complexity index is 1330. The predicted octanol–water partition coefficient (Wildman–Crippen LogP) is 3.41. The molecule has 0 aliphatic carbocycles. The first kappa shape index (κ1) is 16.9. The third-order valence-electron chi connectivity index (χ3n) is 4.52. The van der Waals surface area contributed by atoms with Crippen molar-refractivity contribution in [2.24, 2.45) is 5.89 Å². The van der Waals surface area contributed by atoms with E-state index in [4.69, 9.17) is 22.8 Å². The van der Waals surface area contributed by atoms with Crippen molar-refractivity contribution in [3.05, 3.63) is 60.2 Å². The van der Waals surface area contributed by atoms with Crippen LogP contribution in [0.3, 0.4) is 0 Å². The quantitative estimate of drug-likeness (QED) is 0.430. The zero-order chi connectivity index (χ0) is 33.2. The number of alkyl carbamates (subject to hydrolysis) is 1. The van der Waals surface area contributed by atoms with Crippen LogP contribution in [0.15, 0.2) is 59.5 Å². The first-order valence-corrected chi connectivity index (χ1v) is 11.9. The Morgan fingerprint density at radius 3 is 2.38 bits per heavy atom. The van der Waals surface area contributed by atoms with Crippen LogP contribution in [0.2, 0.25) is 0 Å². The van der Waals surface area contributed by atoms with Gasteiger partial charge in [0.1, 0.15) is 5.60 Å². The molecule has 0 radical (unpaired) electrons. The number of sulfonamides is 1. The molecule has 2 atom stereocenters. The number of carbonyl (C=O) groups is 1. The van der Waals surface area contributed by atoms with Gasteiger partial charge in [-0.2, -0.15) is 4.31 Å². The smallest absolute Gasteiger partial charge is 0.407 e. The number of aliphatic hydroxyl groups excluding tert-OH is 1. The van der Waals surface area contributed by atoms with Gasteiger partial charge in [0.05, 0.1) is 17.0 Å². The Hall–Kier alpha value is -2.62. The molecule has 0 aromatic heterocycles. The summed E-state index contributed by atoms with van der Waals surface area (Å²) in [4.78, 5) is 12.1. The summed E-state index contributed by atoms with van der Waals surface area (Å²) in [6.07, 6.45) is -3.09. The van der Waals surface area contributed by atoms with Crippen molar-refractivity contribution >= 4 is 21.8 Å². The van der Waals surface area contributed by atoms with Gasteiger partial charge in [0.2, 0.25) is 10.0 Å². The number of nitrogens with two attached hydrogens (primary N) is 1. The van der Waals surface area contributed by atoms with Crippen LogP contribution in [-0.2, 0) is 21.2 Å². The maximum absolute atomic E-state index is 13.9. The van der Waals surface area contributed by atoms with Gasteiger partial charge in [0.15, 0.2) is 0 Å². The Labute approximate surface area is 215 Å². The number of anilines is 1. The molecule has 0 heterocycles. The van der Waals surface area contributed by atoms with Gasteiger partial charge in [-0.3, -0.25) is 0 Å². The van der Waals surface area contributed by atoms with Gasteiger partial charge in [-0.25, -0.2) is 13.2 Å². The van der Waals surface area contributed by atoms with Crippen LogP contribution in [0.1, 0.15) is 52.4 Å². The average molecular weight is 501 g/mol. The van der Waals surface area contributed by atoms with Gasteiger partial charge in [-0.1, -0.05) is 44.0 Å². The topological polar surface area (TPSA) is 122 Å². The summed E-state index contributed by atoms with van der Waals surface area (Å²) < 4.78 is 105. The van der Waals surface area contributed by atoms with Crippen molar-refractivity contribution < 1.29 is 35.4 Å². The molecule has 0 fully saturated rings. The maximum atomic E-state index is 13.9. The first-order valence-electron chi connectivity index (χ1n) is 14.9. The molecule has 0 saturated carbocycles. The molecule has 0 aliphatic heterocycles. The van der Waals surface area contributed by atoms with Gasteiger partial charge in [-0.05, 0) is 62.9 Å². The summed E-state index contributed by atoms with van der Waals surface area (Å²) in [7, 11) is -5.16. The molecule has 0 bridgehead atoms. The lowest BCUT2D eigenvalue weighted by atomic mass is 10.0. The van der Waals surface area contributed by atoms with E-state index in [9.17, 15) is 18.3 Å². The molecule has 0 aliphatic rings. The van der Waals surface area contributed by atoms with Crippen molar-refractivity contribution in [2.45, 2.75) is 63.5 Å². The number of hydrogen-bond donors (Lipinski definition) is 3. The van der Waals surface area contributed by atoms with E-state index in [2.05, 4.69) is 5.32 Å². The molecule has 0 spiro atoms. The third-order valence-corrected chi connectivity index (χ3v) is 6.21. The zero-order valence-corrected chi connectivity index (χ0v) is 20.1. The molecule has 8 nitrogen and oxygen atoms in total. The fourth-order valence-corrected chi connectivity index (χ4v) is 4.30. The van der Waals surface area contributed by atoms with Gasteiger partial charge < -0.3 is 20.9 Å². The minimum absolute atomic E-state index is 0.120. The number of benzene rings is 2. The van der Waals surface area contributed by atoms with E-state index < -0.39 is 71.4 Å². The molecule has 1 amide bonds. The SMILES string of the molecule is [2H]C([2H])([2H])C([2H])(C([2H])([2H])[2H])C([2H])([2H])N(C[C@@H](O)[C@H](Cc1ccccc1)NC(=O)OC(C)(C)C)S(=O)(=O)c1ccc(N)cc1. The number of aliphatic hydroxyl groups is 1. The van der Waals surface area contributed by atoms with Crippen molar-refractivity contribution in [2.75, 3.05) is 18.8 Å². The summed E-state index contributed by atoms with van der Waals surface area (Å²) in [5.41, 5.74) is 5.39. The van der Waals surface area contributed by atoms with Crippen molar-refractivity contribution in [3.8, 4) is 0 Å². The monoisotopic (exact) mass is 500 g/mol. The Kier molecular flexibility index (Phi) is 5.81. The second kappa shape index (κ2) is 11.7. The second-order valence-corrected chi connectivity index (χ2v) is 10.5. The normalized spacial score (nSPS) is 19.5. The van der Waals surface area contributed by atoms with Crippen LogP contribution in [0.5, 0.6) is 0 Å². The van der Waals surface area contributed by atoms with E-state index in [1.165, 1.54) is 12.1 Å². The van der Waals surface area contributed by atoms with E-state index >= 15 is 0 Å². The first-order chi connectivity index (χ1) is 19.3. The largest absolute Gasteiger partial charge is 0.444 e. The average Bonchev–Trinajstić information content (AvgIpc) is 2.84. The number of nitrogens with zero attached hydrogens (tertiary/aromatic N) is 1. The van der Waals surface area contributed by atoms with Crippen LogP contribution in [-0.4, -0.2) is 54.7 Å². The highest BCUT2D eigenvalue weighted by molar-refractivity contribution is 7.89. The van der Waals surface area contributed by atoms with Crippen LogP contribution < -0.4 is 11.1 Å². The van der Waals surface area contributed by atoms with Gasteiger partial charge in [0, 0.05) is 31.1 Å². The van der Waals surface area contributed by atoms with Crippen molar-refractivity contribution in [1.82, 2.24) is 9.62 Å². The molecule has 2 rings (SSSR count). The molecule has 0 saturated heterocycles. The highest BCUT2D eigenvalue weighted by Gasteiger charge is 2.32. The van der Waals surface area contributed by atoms with Gasteiger partial charge in [-0.15, -0.1) is 0 Å². The summed E-state index contributed by atoms with van der Waals surface area (Å²) in [5.74, 6) is -4.03. The molecule has 2 aromatic rings. The van der Waals surface area contributed by atoms with E-state index in [-0.39, 0.29) is 16.4 Å². The Balaban J connectivity index is 2.72. The molecule has 188 valence electrons. The number of ether oxygens (including phenoxy) is 1. The molecular weight excluding hydrogens is 454 g/mol. The van der Waals surface area contributed by atoms with Crippen molar-refractivity contribution in [1.29, 1.82) is 0 Å². The maximum Gasteiger partial charge on any atom is 0.407 e. The van der Waals surface area contributed by atoms with Crippen LogP contribution in [0.4, 0.5) is 10.5 Å². The summed E-state index contributed by atoms with van der Waals surface area (Å²) >= 11 is 0. The lowest BCUT2D eigenvalue weighted by molar-refractivity contribution is 0.0400. The molecule has 4 N–H and O–H groups in total. The second-order valence-electron chi connectivity index (χ2n) is 8.60. The highest BCUT2D eigenvalue weighted by Crippen LogP contribution is 2.20. The number of rotatable bonds is 10. The number of nitrogen functional groups attached to an aromatic ring is 1. The number of amides is 1. The summed E-state index contributed by atoms with van der Waals surface area (Å²) in [5, 5.41) is 13.8. The standard InChI is InChI=1S/C25H37N3O5S/c1-18(2)16-28(34(31,32)21-13-11-20(26)12-14-21)17-23(29)22(15-19-9-7-6-8-10-19)27-24(30)33-25(3,4)5/h6-14,18,22-23,29H,15-17,26H2,1-5H3,(H,27,30)/t22-,23+/m0/s1/i1D3,2D3,16D2,18D. The highest BCUT2D eigenvalue weighted by atomic mass is 32.2.